The van der Waals surface area contributed by atoms with Crippen LogP contribution in [0.4, 0.5) is 16.5 Å². The van der Waals surface area contributed by atoms with Gasteiger partial charge in [0.2, 0.25) is 5.91 Å². The van der Waals surface area contributed by atoms with Crippen LogP contribution in [0.3, 0.4) is 0 Å². The lowest BCUT2D eigenvalue weighted by atomic mass is 10.1. The van der Waals surface area contributed by atoms with Gasteiger partial charge in [-0.1, -0.05) is 0 Å². The van der Waals surface area contributed by atoms with Crippen LogP contribution in [0.5, 0.6) is 5.75 Å². The first kappa shape index (κ1) is 20.5. The van der Waals surface area contributed by atoms with Gasteiger partial charge in [0.05, 0.1) is 22.7 Å². The van der Waals surface area contributed by atoms with Gasteiger partial charge in [-0.25, -0.2) is 13.4 Å². The van der Waals surface area contributed by atoms with Crippen LogP contribution >= 0.6 is 11.3 Å². The van der Waals surface area contributed by atoms with E-state index in [0.29, 0.717) is 34.9 Å². The molecule has 1 aromatic heterocycles. The third kappa shape index (κ3) is 3.59. The molecular weight excluding hydrogens is 452 g/mol. The summed E-state index contributed by atoms with van der Waals surface area (Å²) in [6.07, 6.45) is 0.152. The molecule has 5 rings (SSSR count). The van der Waals surface area contributed by atoms with E-state index in [9.17, 15) is 18.0 Å². The van der Waals surface area contributed by atoms with Gasteiger partial charge < -0.3 is 15.0 Å². The molecule has 2 amide bonds. The lowest BCUT2D eigenvalue weighted by molar-refractivity contribution is -0.121. The van der Waals surface area contributed by atoms with Crippen LogP contribution < -0.4 is 19.7 Å². The number of anilines is 3. The summed E-state index contributed by atoms with van der Waals surface area (Å²) in [5.74, 6) is 0.344. The van der Waals surface area contributed by atoms with Crippen molar-refractivity contribution >= 4 is 49.7 Å². The quantitative estimate of drug-likeness (QED) is 0.592. The van der Waals surface area contributed by atoms with E-state index in [0.717, 1.165) is 16.9 Å². The summed E-state index contributed by atoms with van der Waals surface area (Å²) >= 11 is 1.16. The van der Waals surface area contributed by atoms with Gasteiger partial charge in [-0.2, -0.15) is 0 Å². The lowest BCUT2D eigenvalue weighted by Gasteiger charge is -2.28. The van der Waals surface area contributed by atoms with Gasteiger partial charge >= 0.3 is 0 Å². The molecular formula is C21H18N4O5S2. The molecule has 32 heavy (non-hydrogen) atoms. The monoisotopic (exact) mass is 470 g/mol. The number of thiazole rings is 1. The molecule has 0 bridgehead atoms. The molecule has 0 unspecified atom stereocenters. The Morgan fingerprint density at radius 1 is 1.22 bits per heavy atom. The normalized spacial score (nSPS) is 15.1. The number of sulfonamides is 1. The fourth-order valence-electron chi connectivity index (χ4n) is 3.71. The molecule has 0 fully saturated rings. The number of hydrogen-bond donors (Lipinski definition) is 2. The highest BCUT2D eigenvalue weighted by molar-refractivity contribution is 7.93. The number of benzene rings is 2. The van der Waals surface area contributed by atoms with Crippen molar-refractivity contribution in [3.63, 3.8) is 0 Å². The number of rotatable bonds is 5. The number of amides is 2. The van der Waals surface area contributed by atoms with Crippen molar-refractivity contribution in [1.29, 1.82) is 0 Å². The highest BCUT2D eigenvalue weighted by Gasteiger charge is 2.26. The van der Waals surface area contributed by atoms with Crippen molar-refractivity contribution in [2.75, 3.05) is 28.1 Å². The Labute approximate surface area is 188 Å². The maximum Gasteiger partial charge on any atom is 0.265 e. The Bertz CT molecular complexity index is 1370. The van der Waals surface area contributed by atoms with Crippen molar-refractivity contribution < 1.29 is 22.7 Å². The molecule has 0 spiro atoms. The largest absolute Gasteiger partial charge is 0.482 e. The van der Waals surface area contributed by atoms with Crippen LogP contribution in [0.1, 0.15) is 12.5 Å². The number of nitrogens with one attached hydrogen (secondary N) is 2. The van der Waals surface area contributed by atoms with Gasteiger partial charge in [0.25, 0.3) is 15.9 Å². The number of likely N-dealkylation sites (N-methyl/N-ethyl adjacent to an activating group) is 1. The van der Waals surface area contributed by atoms with Crippen LogP contribution in [-0.4, -0.2) is 38.4 Å². The van der Waals surface area contributed by atoms with Crippen LogP contribution in [-0.2, 0) is 26.0 Å². The second-order valence-electron chi connectivity index (χ2n) is 7.30. The molecule has 11 heteroatoms. The average molecular weight is 471 g/mol. The highest BCUT2D eigenvalue weighted by atomic mass is 32.2. The first-order chi connectivity index (χ1) is 15.3. The van der Waals surface area contributed by atoms with Gasteiger partial charge in [-0.05, 0) is 48.9 Å². The van der Waals surface area contributed by atoms with Gasteiger partial charge in [0, 0.05) is 23.2 Å². The molecule has 2 aliphatic rings. The Kier molecular flexibility index (Phi) is 4.86. The van der Waals surface area contributed by atoms with Gasteiger partial charge in [-0.3, -0.25) is 14.3 Å². The highest BCUT2D eigenvalue weighted by Crippen LogP contribution is 2.37. The Morgan fingerprint density at radius 2 is 2.06 bits per heavy atom. The second kappa shape index (κ2) is 7.61. The third-order valence-corrected chi connectivity index (χ3v) is 7.48. The minimum absolute atomic E-state index is 0.00965. The topological polar surface area (TPSA) is 118 Å². The van der Waals surface area contributed by atoms with Crippen LogP contribution in [0.2, 0.25) is 0 Å². The molecule has 0 aliphatic carbocycles. The SMILES string of the molecule is CCN1C(=O)COc2ccc(-c3csc(NS(=O)(=O)c4ccc5c(c4)CC(=O)N5)n3)cc21. The Balaban J connectivity index is 1.40. The van der Waals surface area contributed by atoms with Gasteiger partial charge in [0.15, 0.2) is 11.7 Å². The number of aromatic nitrogens is 1. The molecule has 3 aromatic rings. The summed E-state index contributed by atoms with van der Waals surface area (Å²) in [4.78, 5) is 29.8. The van der Waals surface area contributed by atoms with Crippen molar-refractivity contribution in [2.24, 2.45) is 0 Å². The molecule has 2 aliphatic heterocycles. The number of fused-ring (bicyclic) bond motifs is 2. The summed E-state index contributed by atoms with van der Waals surface area (Å²) in [7, 11) is -3.87. The van der Waals surface area contributed by atoms with Crippen molar-refractivity contribution in [3.05, 3.63) is 47.3 Å². The van der Waals surface area contributed by atoms with E-state index in [4.69, 9.17) is 4.74 Å². The average Bonchev–Trinajstić information content (AvgIpc) is 3.37. The predicted octanol–water partition coefficient (Wildman–Crippen LogP) is 2.85. The smallest absolute Gasteiger partial charge is 0.265 e. The Morgan fingerprint density at radius 3 is 2.88 bits per heavy atom. The zero-order valence-electron chi connectivity index (χ0n) is 16.9. The lowest BCUT2D eigenvalue weighted by Crippen LogP contribution is -2.38. The zero-order chi connectivity index (χ0) is 22.5. The summed E-state index contributed by atoms with van der Waals surface area (Å²) in [6, 6.07) is 9.93. The van der Waals surface area contributed by atoms with E-state index < -0.39 is 10.0 Å². The molecule has 0 saturated heterocycles. The van der Waals surface area contributed by atoms with Crippen LogP contribution in [0, 0.1) is 0 Å². The summed E-state index contributed by atoms with van der Waals surface area (Å²) < 4.78 is 33.6. The number of carbonyl (C=O) groups excluding carboxylic acids is 2. The van der Waals surface area contributed by atoms with Crippen molar-refractivity contribution in [3.8, 4) is 17.0 Å². The first-order valence-electron chi connectivity index (χ1n) is 9.83. The standard InChI is InChI=1S/C21H18N4O5S2/c1-2-25-17-8-12(3-6-18(17)30-10-20(25)27)16-11-31-21(23-16)24-32(28,29)14-4-5-15-13(7-14)9-19(26)22-15/h3-8,11H,2,9-10H2,1H3,(H,22,26)(H,23,24). The molecule has 2 aromatic carbocycles. The number of carbonyl (C=O) groups is 2. The number of ether oxygens (including phenoxy) is 1. The van der Waals surface area contributed by atoms with E-state index in [-0.39, 0.29) is 34.9 Å². The maximum absolute atomic E-state index is 12.8. The summed E-state index contributed by atoms with van der Waals surface area (Å²) in [5, 5.41) is 4.64. The van der Waals surface area contributed by atoms with E-state index in [1.807, 2.05) is 19.1 Å². The fourth-order valence-corrected chi connectivity index (χ4v) is 5.73. The number of nitrogens with zero attached hydrogens (tertiary/aromatic N) is 2. The summed E-state index contributed by atoms with van der Waals surface area (Å²) in [5.41, 5.74) is 3.25. The predicted molar refractivity (Wildman–Crippen MR) is 121 cm³/mol. The molecule has 2 N–H and O–H groups in total. The first-order valence-corrected chi connectivity index (χ1v) is 12.2. The minimum Gasteiger partial charge on any atom is -0.482 e. The molecule has 0 saturated carbocycles. The molecule has 9 nitrogen and oxygen atoms in total. The van der Waals surface area contributed by atoms with E-state index in [1.54, 1.807) is 22.4 Å². The number of hydrogen-bond acceptors (Lipinski definition) is 7. The molecule has 0 radical (unpaired) electrons. The molecule has 3 heterocycles. The molecule has 0 atom stereocenters. The van der Waals surface area contributed by atoms with E-state index >= 15 is 0 Å². The third-order valence-electron chi connectivity index (χ3n) is 5.25. The van der Waals surface area contributed by atoms with E-state index in [1.165, 1.54) is 12.1 Å². The second-order valence-corrected chi connectivity index (χ2v) is 9.84. The van der Waals surface area contributed by atoms with Crippen molar-refractivity contribution in [1.82, 2.24) is 4.98 Å². The minimum atomic E-state index is -3.87. The van der Waals surface area contributed by atoms with Gasteiger partial charge in [-0.15, -0.1) is 11.3 Å². The van der Waals surface area contributed by atoms with Crippen LogP contribution in [0.15, 0.2) is 46.7 Å². The summed E-state index contributed by atoms with van der Waals surface area (Å²) in [6.45, 7) is 2.42. The van der Waals surface area contributed by atoms with Gasteiger partial charge in [0.1, 0.15) is 5.75 Å². The van der Waals surface area contributed by atoms with E-state index in [2.05, 4.69) is 15.0 Å². The van der Waals surface area contributed by atoms with Crippen LogP contribution in [0.25, 0.3) is 11.3 Å². The molecule has 164 valence electrons. The maximum atomic E-state index is 12.8. The Hall–Kier alpha value is -3.44. The van der Waals surface area contributed by atoms with Crippen molar-refractivity contribution in [2.45, 2.75) is 18.2 Å². The fraction of sp³-hybridized carbons (Fsp3) is 0.190. The zero-order valence-corrected chi connectivity index (χ0v) is 18.5.